The van der Waals surface area contributed by atoms with Gasteiger partial charge in [0.15, 0.2) is 5.05 Å². The fourth-order valence-electron chi connectivity index (χ4n) is 0.988. The topological polar surface area (TPSA) is 38.7 Å². The fourth-order valence-corrected chi connectivity index (χ4v) is 1.15. The van der Waals surface area contributed by atoms with Gasteiger partial charge >= 0.3 is 0 Å². The van der Waals surface area contributed by atoms with Gasteiger partial charge in [0, 0.05) is 6.61 Å². The highest BCUT2D eigenvalue weighted by atomic mass is 32.1. The van der Waals surface area contributed by atoms with Crippen molar-refractivity contribution >= 4 is 17.3 Å². The maximum Gasteiger partial charge on any atom is 0.185 e. The van der Waals surface area contributed by atoms with E-state index >= 15 is 0 Å². The van der Waals surface area contributed by atoms with Crippen LogP contribution in [0.5, 0.6) is 0 Å². The number of aliphatic hydroxyl groups is 1. The van der Waals surface area contributed by atoms with Crippen LogP contribution in [0.2, 0.25) is 0 Å². The summed E-state index contributed by atoms with van der Waals surface area (Å²) in [5, 5.41) is 8.88. The maximum atomic E-state index is 8.46. The average molecular weight is 220 g/mol. The molecule has 0 fully saturated rings. The number of aliphatic hydroxyl groups excluding tert-OH is 1. The molecule has 0 bridgehead atoms. The predicted molar refractivity (Wildman–Crippen MR) is 60.6 cm³/mol. The molecule has 3 nitrogen and oxygen atoms in total. The van der Waals surface area contributed by atoms with Crippen LogP contribution in [0.3, 0.4) is 0 Å². The second kappa shape index (κ2) is 10.9. The molecule has 84 valence electrons. The molecule has 0 saturated heterocycles. The van der Waals surface area contributed by atoms with Crippen molar-refractivity contribution in [2.45, 2.75) is 32.6 Å². The summed E-state index contributed by atoms with van der Waals surface area (Å²) in [5.41, 5.74) is 0. The minimum atomic E-state index is -0.00333. The molecule has 0 aliphatic rings. The first-order valence-corrected chi connectivity index (χ1v) is 5.56. The van der Waals surface area contributed by atoms with Crippen molar-refractivity contribution in [3.63, 3.8) is 0 Å². The Morgan fingerprint density at radius 2 is 2.00 bits per heavy atom. The molecule has 0 aromatic heterocycles. The molecule has 0 aliphatic heterocycles. The smallest absolute Gasteiger partial charge is 0.185 e. The van der Waals surface area contributed by atoms with Gasteiger partial charge < -0.3 is 14.6 Å². The average Bonchev–Trinajstić information content (AvgIpc) is 2.20. The number of hydrogen-bond acceptors (Lipinski definition) is 4. The van der Waals surface area contributed by atoms with Crippen LogP contribution in [-0.4, -0.2) is 36.6 Å². The Morgan fingerprint density at radius 3 is 2.64 bits per heavy atom. The molecule has 0 atom stereocenters. The van der Waals surface area contributed by atoms with E-state index in [4.69, 9.17) is 26.8 Å². The molecule has 0 aliphatic carbocycles. The van der Waals surface area contributed by atoms with Gasteiger partial charge in [0.25, 0.3) is 0 Å². The minimum Gasteiger partial charge on any atom is -0.482 e. The van der Waals surface area contributed by atoms with E-state index in [0.29, 0.717) is 11.7 Å². The quantitative estimate of drug-likeness (QED) is 0.476. The normalized spacial score (nSPS) is 10.1. The van der Waals surface area contributed by atoms with Gasteiger partial charge in [-0.05, 0) is 18.6 Å². The van der Waals surface area contributed by atoms with Crippen LogP contribution in [0, 0.1) is 0 Å². The largest absolute Gasteiger partial charge is 0.482 e. The Balaban J connectivity index is 3.07. The molecule has 1 N–H and O–H groups in total. The van der Waals surface area contributed by atoms with E-state index in [1.807, 2.05) is 0 Å². The zero-order valence-corrected chi connectivity index (χ0v) is 9.65. The summed E-state index contributed by atoms with van der Waals surface area (Å²) in [4.78, 5) is 0. The number of rotatable bonds is 9. The van der Waals surface area contributed by atoms with Crippen molar-refractivity contribution in [2.24, 2.45) is 0 Å². The standard InChI is InChI=1S/C10H20O3S/c1-2-3-4-5-7-12-9-10(14)13-8-6-11/h11H,2-9H2,1H3. The first kappa shape index (κ1) is 13.8. The van der Waals surface area contributed by atoms with Crippen LogP contribution in [0.25, 0.3) is 0 Å². The van der Waals surface area contributed by atoms with E-state index in [2.05, 4.69) is 6.92 Å². The molecule has 0 rings (SSSR count). The van der Waals surface area contributed by atoms with Crippen molar-refractivity contribution < 1.29 is 14.6 Å². The Hall–Kier alpha value is -0.190. The van der Waals surface area contributed by atoms with Gasteiger partial charge in [-0.2, -0.15) is 0 Å². The van der Waals surface area contributed by atoms with Gasteiger partial charge in [-0.15, -0.1) is 0 Å². The molecular formula is C10H20O3S. The van der Waals surface area contributed by atoms with Crippen LogP contribution in [0.4, 0.5) is 0 Å². The molecule has 0 saturated carbocycles. The molecule has 0 spiro atoms. The lowest BCUT2D eigenvalue weighted by atomic mass is 10.2. The highest BCUT2D eigenvalue weighted by Gasteiger charge is 1.96. The van der Waals surface area contributed by atoms with Crippen molar-refractivity contribution in [1.29, 1.82) is 0 Å². The van der Waals surface area contributed by atoms with Crippen LogP contribution in [-0.2, 0) is 9.47 Å². The van der Waals surface area contributed by atoms with Gasteiger partial charge in [0.1, 0.15) is 13.2 Å². The van der Waals surface area contributed by atoms with Crippen LogP contribution in [0.1, 0.15) is 32.6 Å². The minimum absolute atomic E-state index is 0.00333. The van der Waals surface area contributed by atoms with E-state index in [0.717, 1.165) is 13.0 Å². The predicted octanol–water partition coefficient (Wildman–Crippen LogP) is 1.92. The van der Waals surface area contributed by atoms with Crippen LogP contribution >= 0.6 is 12.2 Å². The molecule has 0 heterocycles. The zero-order chi connectivity index (χ0) is 10.6. The summed E-state index contributed by atoms with van der Waals surface area (Å²) in [6.45, 7) is 3.54. The van der Waals surface area contributed by atoms with Gasteiger partial charge in [0.2, 0.25) is 0 Å². The number of unbranched alkanes of at least 4 members (excludes halogenated alkanes) is 3. The van der Waals surface area contributed by atoms with Crippen LogP contribution in [0.15, 0.2) is 0 Å². The maximum absolute atomic E-state index is 8.46. The summed E-state index contributed by atoms with van der Waals surface area (Å²) in [5.74, 6) is 0. The van der Waals surface area contributed by atoms with E-state index in [-0.39, 0.29) is 13.2 Å². The van der Waals surface area contributed by atoms with Crippen molar-refractivity contribution in [3.8, 4) is 0 Å². The van der Waals surface area contributed by atoms with E-state index in [9.17, 15) is 0 Å². The molecule has 0 aromatic carbocycles. The van der Waals surface area contributed by atoms with E-state index in [1.165, 1.54) is 19.3 Å². The Morgan fingerprint density at radius 1 is 1.21 bits per heavy atom. The number of hydrogen-bond donors (Lipinski definition) is 1. The molecule has 14 heavy (non-hydrogen) atoms. The molecule has 4 heteroatoms. The van der Waals surface area contributed by atoms with Crippen molar-refractivity contribution in [3.05, 3.63) is 0 Å². The highest BCUT2D eigenvalue weighted by Crippen LogP contribution is 1.98. The summed E-state index contributed by atoms with van der Waals surface area (Å²) < 4.78 is 10.3. The number of ether oxygens (including phenoxy) is 2. The first-order valence-electron chi connectivity index (χ1n) is 5.15. The lowest BCUT2D eigenvalue weighted by Crippen LogP contribution is -2.13. The van der Waals surface area contributed by atoms with Gasteiger partial charge in [-0.25, -0.2) is 0 Å². The van der Waals surface area contributed by atoms with Crippen molar-refractivity contribution in [1.82, 2.24) is 0 Å². The SMILES string of the molecule is CCCCCCOCC(=S)OCCO. The first-order chi connectivity index (χ1) is 6.81. The second-order valence-corrected chi connectivity index (χ2v) is 3.51. The molecular weight excluding hydrogens is 200 g/mol. The summed E-state index contributed by atoms with van der Waals surface area (Å²) in [6, 6.07) is 0. The van der Waals surface area contributed by atoms with Crippen LogP contribution < -0.4 is 0 Å². The third-order valence-corrected chi connectivity index (χ3v) is 1.95. The Bertz CT molecular complexity index is 139. The Labute approximate surface area is 91.4 Å². The lowest BCUT2D eigenvalue weighted by Gasteiger charge is -2.06. The van der Waals surface area contributed by atoms with Gasteiger partial charge in [0.05, 0.1) is 6.61 Å². The third-order valence-electron chi connectivity index (χ3n) is 1.72. The monoisotopic (exact) mass is 220 g/mol. The van der Waals surface area contributed by atoms with E-state index in [1.54, 1.807) is 0 Å². The second-order valence-electron chi connectivity index (χ2n) is 3.06. The third kappa shape index (κ3) is 9.89. The molecule has 0 radical (unpaired) electrons. The van der Waals surface area contributed by atoms with Gasteiger partial charge in [-0.3, -0.25) is 0 Å². The fraction of sp³-hybridized carbons (Fsp3) is 0.900. The summed E-state index contributed by atoms with van der Waals surface area (Å²) in [6.07, 6.45) is 4.78. The molecule has 0 unspecified atom stereocenters. The highest BCUT2D eigenvalue weighted by molar-refractivity contribution is 7.80. The van der Waals surface area contributed by atoms with Crippen molar-refractivity contribution in [2.75, 3.05) is 26.4 Å². The Kier molecular flexibility index (Phi) is 10.7. The lowest BCUT2D eigenvalue weighted by molar-refractivity contribution is 0.137. The molecule has 0 aromatic rings. The van der Waals surface area contributed by atoms with E-state index < -0.39 is 0 Å². The zero-order valence-electron chi connectivity index (χ0n) is 8.83. The summed E-state index contributed by atoms with van der Waals surface area (Å²) in [7, 11) is 0. The molecule has 0 amide bonds. The summed E-state index contributed by atoms with van der Waals surface area (Å²) >= 11 is 4.86. The van der Waals surface area contributed by atoms with Gasteiger partial charge in [-0.1, -0.05) is 26.2 Å². The number of thiocarbonyl (C=S) groups is 1.